The van der Waals surface area contributed by atoms with Gasteiger partial charge in [-0.15, -0.1) is 0 Å². The van der Waals surface area contributed by atoms with Crippen molar-refractivity contribution in [2.24, 2.45) is 0 Å². The second-order valence-electron chi connectivity index (χ2n) is 5.23. The number of nitrogens with two attached hydrogens (primary N) is 1. The number of para-hydroxylation sites is 1. The SMILES string of the molecule is Cc1cccc(C)c1NC(=O)c1c[nH]c2cc(N)ccc12. The fourth-order valence-corrected chi connectivity index (χ4v) is 2.52. The molecule has 4 heteroatoms. The van der Waals surface area contributed by atoms with Crippen LogP contribution in [0, 0.1) is 13.8 Å². The van der Waals surface area contributed by atoms with Gasteiger partial charge in [0.2, 0.25) is 0 Å². The van der Waals surface area contributed by atoms with Gasteiger partial charge in [-0.3, -0.25) is 4.79 Å². The number of hydrogen-bond donors (Lipinski definition) is 3. The number of nitrogen functional groups attached to an aromatic ring is 1. The normalized spacial score (nSPS) is 10.8. The van der Waals surface area contributed by atoms with E-state index in [1.54, 1.807) is 12.3 Å². The second kappa shape index (κ2) is 4.98. The molecule has 1 aromatic heterocycles. The quantitative estimate of drug-likeness (QED) is 0.627. The Kier molecular flexibility index (Phi) is 3.14. The first-order valence-corrected chi connectivity index (χ1v) is 6.80. The van der Waals surface area contributed by atoms with Crippen LogP contribution in [-0.4, -0.2) is 10.9 Å². The lowest BCUT2D eigenvalue weighted by Crippen LogP contribution is -2.13. The van der Waals surface area contributed by atoms with Crippen LogP contribution in [0.25, 0.3) is 10.9 Å². The minimum atomic E-state index is -0.122. The third kappa shape index (κ3) is 2.36. The van der Waals surface area contributed by atoms with E-state index >= 15 is 0 Å². The Bertz CT molecular complexity index is 813. The molecule has 1 heterocycles. The third-order valence-electron chi connectivity index (χ3n) is 3.67. The molecule has 0 saturated heterocycles. The Morgan fingerprint density at radius 1 is 1.14 bits per heavy atom. The minimum Gasteiger partial charge on any atom is -0.399 e. The molecule has 2 aromatic carbocycles. The maximum absolute atomic E-state index is 12.5. The average molecular weight is 279 g/mol. The van der Waals surface area contributed by atoms with E-state index in [4.69, 9.17) is 5.73 Å². The van der Waals surface area contributed by atoms with Crippen molar-refractivity contribution in [3.63, 3.8) is 0 Å². The summed E-state index contributed by atoms with van der Waals surface area (Å²) in [6.45, 7) is 3.97. The number of anilines is 2. The summed E-state index contributed by atoms with van der Waals surface area (Å²) in [5.74, 6) is -0.122. The zero-order chi connectivity index (χ0) is 15.0. The summed E-state index contributed by atoms with van der Waals surface area (Å²) in [6.07, 6.45) is 1.72. The molecule has 3 rings (SSSR count). The molecule has 0 saturated carbocycles. The standard InChI is InChI=1S/C17H17N3O/c1-10-4-3-5-11(2)16(10)20-17(21)14-9-19-15-8-12(18)6-7-13(14)15/h3-9,19H,18H2,1-2H3,(H,20,21). The summed E-state index contributed by atoms with van der Waals surface area (Å²) >= 11 is 0. The average Bonchev–Trinajstić information content (AvgIpc) is 2.85. The molecule has 0 aliphatic heterocycles. The van der Waals surface area contributed by atoms with E-state index in [0.717, 1.165) is 27.7 Å². The Labute approximate surface area is 123 Å². The molecule has 4 nitrogen and oxygen atoms in total. The minimum absolute atomic E-state index is 0.122. The van der Waals surface area contributed by atoms with Crippen LogP contribution >= 0.6 is 0 Å². The van der Waals surface area contributed by atoms with E-state index in [-0.39, 0.29) is 5.91 Å². The van der Waals surface area contributed by atoms with Crippen molar-refractivity contribution in [3.8, 4) is 0 Å². The number of aromatic nitrogens is 1. The number of aromatic amines is 1. The van der Waals surface area contributed by atoms with Crippen molar-refractivity contribution in [2.45, 2.75) is 13.8 Å². The van der Waals surface area contributed by atoms with Gasteiger partial charge in [0.25, 0.3) is 5.91 Å². The Balaban J connectivity index is 1.98. The Morgan fingerprint density at radius 2 is 1.86 bits per heavy atom. The topological polar surface area (TPSA) is 70.9 Å². The van der Waals surface area contributed by atoms with Gasteiger partial charge in [0.05, 0.1) is 5.56 Å². The summed E-state index contributed by atoms with van der Waals surface area (Å²) in [5, 5.41) is 3.87. The van der Waals surface area contributed by atoms with E-state index in [1.165, 1.54) is 0 Å². The number of fused-ring (bicyclic) bond motifs is 1. The third-order valence-corrected chi connectivity index (χ3v) is 3.67. The lowest BCUT2D eigenvalue weighted by Gasteiger charge is -2.11. The van der Waals surface area contributed by atoms with Crippen molar-refractivity contribution >= 4 is 28.2 Å². The lowest BCUT2D eigenvalue weighted by molar-refractivity contribution is 0.102. The first-order valence-electron chi connectivity index (χ1n) is 6.80. The molecule has 0 radical (unpaired) electrons. The van der Waals surface area contributed by atoms with Gasteiger partial charge in [0, 0.05) is 28.5 Å². The molecule has 0 atom stereocenters. The zero-order valence-electron chi connectivity index (χ0n) is 12.0. The van der Waals surface area contributed by atoms with Gasteiger partial charge in [-0.25, -0.2) is 0 Å². The number of carbonyl (C=O) groups excluding carboxylic acids is 1. The zero-order valence-corrected chi connectivity index (χ0v) is 12.0. The van der Waals surface area contributed by atoms with Gasteiger partial charge >= 0.3 is 0 Å². The summed E-state index contributed by atoms with van der Waals surface area (Å²) in [4.78, 5) is 15.6. The summed E-state index contributed by atoms with van der Waals surface area (Å²) < 4.78 is 0. The van der Waals surface area contributed by atoms with Crippen molar-refractivity contribution < 1.29 is 4.79 Å². The number of aryl methyl sites for hydroxylation is 2. The molecular formula is C17H17N3O. The largest absolute Gasteiger partial charge is 0.399 e. The molecular weight excluding hydrogens is 262 g/mol. The number of H-pyrrole nitrogens is 1. The van der Waals surface area contributed by atoms with E-state index < -0.39 is 0 Å². The van der Waals surface area contributed by atoms with E-state index in [1.807, 2.05) is 44.2 Å². The van der Waals surface area contributed by atoms with Crippen LogP contribution in [-0.2, 0) is 0 Å². The highest BCUT2D eigenvalue weighted by Gasteiger charge is 2.14. The Hall–Kier alpha value is -2.75. The van der Waals surface area contributed by atoms with Crippen LogP contribution in [0.4, 0.5) is 11.4 Å². The van der Waals surface area contributed by atoms with Gasteiger partial charge in [0.1, 0.15) is 0 Å². The van der Waals surface area contributed by atoms with Crippen molar-refractivity contribution in [3.05, 3.63) is 59.3 Å². The molecule has 3 aromatic rings. The molecule has 0 unspecified atom stereocenters. The smallest absolute Gasteiger partial charge is 0.257 e. The number of benzene rings is 2. The molecule has 106 valence electrons. The van der Waals surface area contributed by atoms with Crippen LogP contribution in [0.5, 0.6) is 0 Å². The monoisotopic (exact) mass is 279 g/mol. The summed E-state index contributed by atoms with van der Waals surface area (Å²) in [5.41, 5.74) is 10.9. The molecule has 0 spiro atoms. The number of carbonyl (C=O) groups is 1. The second-order valence-corrected chi connectivity index (χ2v) is 5.23. The lowest BCUT2D eigenvalue weighted by atomic mass is 10.1. The predicted octanol–water partition coefficient (Wildman–Crippen LogP) is 3.62. The van der Waals surface area contributed by atoms with Gasteiger partial charge in [-0.05, 0) is 43.2 Å². The fraction of sp³-hybridized carbons (Fsp3) is 0.118. The van der Waals surface area contributed by atoms with Crippen molar-refractivity contribution in [1.82, 2.24) is 4.98 Å². The number of nitrogens with one attached hydrogen (secondary N) is 2. The number of hydrogen-bond acceptors (Lipinski definition) is 2. The highest BCUT2D eigenvalue weighted by molar-refractivity contribution is 6.13. The van der Waals surface area contributed by atoms with E-state index in [2.05, 4.69) is 10.3 Å². The predicted molar refractivity (Wildman–Crippen MR) is 86.6 cm³/mol. The molecule has 0 aliphatic rings. The molecule has 0 aliphatic carbocycles. The van der Waals surface area contributed by atoms with Crippen molar-refractivity contribution in [1.29, 1.82) is 0 Å². The molecule has 0 bridgehead atoms. The number of rotatable bonds is 2. The maximum atomic E-state index is 12.5. The number of amides is 1. The first kappa shape index (κ1) is 13.2. The van der Waals surface area contributed by atoms with Gasteiger partial charge < -0.3 is 16.0 Å². The molecule has 4 N–H and O–H groups in total. The van der Waals surface area contributed by atoms with Crippen LogP contribution < -0.4 is 11.1 Å². The van der Waals surface area contributed by atoms with E-state index in [0.29, 0.717) is 11.3 Å². The van der Waals surface area contributed by atoms with Gasteiger partial charge in [-0.1, -0.05) is 18.2 Å². The summed E-state index contributed by atoms with van der Waals surface area (Å²) in [6, 6.07) is 11.4. The van der Waals surface area contributed by atoms with Crippen LogP contribution in [0.3, 0.4) is 0 Å². The fourth-order valence-electron chi connectivity index (χ4n) is 2.52. The highest BCUT2D eigenvalue weighted by Crippen LogP contribution is 2.24. The van der Waals surface area contributed by atoms with Crippen LogP contribution in [0.1, 0.15) is 21.5 Å². The van der Waals surface area contributed by atoms with Gasteiger partial charge in [0.15, 0.2) is 0 Å². The highest BCUT2D eigenvalue weighted by atomic mass is 16.1. The van der Waals surface area contributed by atoms with E-state index in [9.17, 15) is 4.79 Å². The molecule has 0 fully saturated rings. The van der Waals surface area contributed by atoms with Crippen LogP contribution in [0.15, 0.2) is 42.6 Å². The first-order chi connectivity index (χ1) is 10.1. The Morgan fingerprint density at radius 3 is 2.57 bits per heavy atom. The van der Waals surface area contributed by atoms with Crippen LogP contribution in [0.2, 0.25) is 0 Å². The maximum Gasteiger partial charge on any atom is 0.257 e. The van der Waals surface area contributed by atoms with Crippen molar-refractivity contribution in [2.75, 3.05) is 11.1 Å². The van der Waals surface area contributed by atoms with Gasteiger partial charge in [-0.2, -0.15) is 0 Å². The molecule has 1 amide bonds. The molecule has 21 heavy (non-hydrogen) atoms. The summed E-state index contributed by atoms with van der Waals surface area (Å²) in [7, 11) is 0.